The molecule has 18 heavy (non-hydrogen) atoms. The molecule has 0 saturated carbocycles. The van der Waals surface area contributed by atoms with Crippen LogP contribution in [-0.4, -0.2) is 37.1 Å². The Morgan fingerprint density at radius 2 is 2.22 bits per heavy atom. The third kappa shape index (κ3) is 2.37. The van der Waals surface area contributed by atoms with Gasteiger partial charge in [-0.3, -0.25) is 4.90 Å². The number of urea groups is 1. The Labute approximate surface area is 116 Å². The molecule has 0 aliphatic carbocycles. The number of hydrogen-bond donors (Lipinski definition) is 1. The number of amides is 2. The van der Waals surface area contributed by atoms with Crippen LogP contribution in [0.25, 0.3) is 0 Å². The Balaban J connectivity index is 2.23. The van der Waals surface area contributed by atoms with Gasteiger partial charge in [0.05, 0.1) is 6.04 Å². The van der Waals surface area contributed by atoms with Crippen LogP contribution < -0.4 is 10.6 Å². The molecule has 1 unspecified atom stereocenters. The molecule has 2 rings (SSSR count). The molecule has 1 aromatic rings. The molecule has 0 aromatic heterocycles. The van der Waals surface area contributed by atoms with Crippen molar-refractivity contribution in [1.29, 1.82) is 0 Å². The maximum absolute atomic E-state index is 12.2. The standard InChI is InChI=1S/C13H18BrN3O/c1-9-7-10(3-4-12(9)14)17-8-11(5-6-15)16(2)13(17)18/h3-4,7,11H,5-6,8,15H2,1-2H3. The minimum Gasteiger partial charge on any atom is -0.330 e. The van der Waals surface area contributed by atoms with Gasteiger partial charge in [-0.15, -0.1) is 0 Å². The van der Waals surface area contributed by atoms with Crippen LogP contribution in [0.1, 0.15) is 12.0 Å². The summed E-state index contributed by atoms with van der Waals surface area (Å²) in [5.41, 5.74) is 7.66. The van der Waals surface area contributed by atoms with E-state index in [0.717, 1.165) is 22.1 Å². The van der Waals surface area contributed by atoms with Crippen LogP contribution in [0.3, 0.4) is 0 Å². The number of halogens is 1. The normalized spacial score (nSPS) is 19.8. The van der Waals surface area contributed by atoms with Crippen LogP contribution in [0.2, 0.25) is 0 Å². The summed E-state index contributed by atoms with van der Waals surface area (Å²) in [6.07, 6.45) is 0.842. The van der Waals surface area contributed by atoms with E-state index in [9.17, 15) is 4.79 Å². The number of carbonyl (C=O) groups excluding carboxylic acids is 1. The Kier molecular flexibility index (Phi) is 3.92. The summed E-state index contributed by atoms with van der Waals surface area (Å²) in [4.78, 5) is 15.8. The lowest BCUT2D eigenvalue weighted by atomic mass is 10.2. The highest BCUT2D eigenvalue weighted by atomic mass is 79.9. The van der Waals surface area contributed by atoms with Crippen LogP contribution >= 0.6 is 15.9 Å². The second-order valence-corrected chi connectivity index (χ2v) is 5.52. The topological polar surface area (TPSA) is 49.6 Å². The van der Waals surface area contributed by atoms with E-state index in [1.165, 1.54) is 0 Å². The van der Waals surface area contributed by atoms with Gasteiger partial charge < -0.3 is 10.6 Å². The van der Waals surface area contributed by atoms with E-state index in [1.54, 1.807) is 4.90 Å². The van der Waals surface area contributed by atoms with Crippen molar-refractivity contribution < 1.29 is 4.79 Å². The molecular formula is C13H18BrN3O. The van der Waals surface area contributed by atoms with E-state index in [-0.39, 0.29) is 12.1 Å². The van der Waals surface area contributed by atoms with Crippen LogP contribution in [0.15, 0.2) is 22.7 Å². The van der Waals surface area contributed by atoms with Gasteiger partial charge in [0.25, 0.3) is 0 Å². The van der Waals surface area contributed by atoms with Gasteiger partial charge in [0, 0.05) is 23.8 Å². The molecule has 1 aliphatic rings. The van der Waals surface area contributed by atoms with Crippen molar-refractivity contribution in [2.24, 2.45) is 5.73 Å². The summed E-state index contributed by atoms with van der Waals surface area (Å²) in [6.45, 7) is 3.35. The molecule has 0 spiro atoms. The first-order chi connectivity index (χ1) is 8.54. The predicted molar refractivity (Wildman–Crippen MR) is 76.8 cm³/mol. The minimum atomic E-state index is 0.0511. The number of likely N-dealkylation sites (N-methyl/N-ethyl adjacent to an activating group) is 1. The third-order valence-electron chi connectivity index (χ3n) is 3.43. The van der Waals surface area contributed by atoms with Gasteiger partial charge >= 0.3 is 6.03 Å². The average molecular weight is 312 g/mol. The highest BCUT2D eigenvalue weighted by molar-refractivity contribution is 9.10. The monoisotopic (exact) mass is 311 g/mol. The van der Waals surface area contributed by atoms with Gasteiger partial charge in [0.2, 0.25) is 0 Å². The molecule has 2 N–H and O–H groups in total. The summed E-state index contributed by atoms with van der Waals surface area (Å²) in [5.74, 6) is 0. The van der Waals surface area contributed by atoms with Crippen molar-refractivity contribution in [1.82, 2.24) is 4.90 Å². The molecule has 4 nitrogen and oxygen atoms in total. The maximum Gasteiger partial charge on any atom is 0.324 e. The number of benzene rings is 1. The van der Waals surface area contributed by atoms with E-state index in [0.29, 0.717) is 13.1 Å². The highest BCUT2D eigenvalue weighted by Gasteiger charge is 2.34. The molecular weight excluding hydrogens is 294 g/mol. The quantitative estimate of drug-likeness (QED) is 0.931. The zero-order valence-electron chi connectivity index (χ0n) is 10.7. The molecule has 1 heterocycles. The van der Waals surface area contributed by atoms with Crippen molar-refractivity contribution in [2.45, 2.75) is 19.4 Å². The zero-order chi connectivity index (χ0) is 13.3. The third-order valence-corrected chi connectivity index (χ3v) is 4.32. The fourth-order valence-corrected chi connectivity index (χ4v) is 2.49. The minimum absolute atomic E-state index is 0.0511. The highest BCUT2D eigenvalue weighted by Crippen LogP contribution is 2.27. The Morgan fingerprint density at radius 1 is 1.50 bits per heavy atom. The number of hydrogen-bond acceptors (Lipinski definition) is 2. The van der Waals surface area contributed by atoms with Gasteiger partial charge in [0.1, 0.15) is 0 Å². The van der Waals surface area contributed by atoms with E-state index in [1.807, 2.05) is 37.1 Å². The van der Waals surface area contributed by atoms with E-state index in [2.05, 4.69) is 15.9 Å². The van der Waals surface area contributed by atoms with Gasteiger partial charge in [0.15, 0.2) is 0 Å². The molecule has 98 valence electrons. The second-order valence-electron chi connectivity index (χ2n) is 4.67. The van der Waals surface area contributed by atoms with Crippen molar-refractivity contribution in [2.75, 3.05) is 25.0 Å². The molecule has 0 radical (unpaired) electrons. The number of nitrogens with zero attached hydrogens (tertiary/aromatic N) is 2. The predicted octanol–water partition coefficient (Wildman–Crippen LogP) is 2.35. The molecule has 2 amide bonds. The zero-order valence-corrected chi connectivity index (χ0v) is 12.3. The van der Waals surface area contributed by atoms with Crippen molar-refractivity contribution in [3.05, 3.63) is 28.2 Å². The van der Waals surface area contributed by atoms with Crippen molar-refractivity contribution >= 4 is 27.6 Å². The van der Waals surface area contributed by atoms with Crippen molar-refractivity contribution in [3.8, 4) is 0 Å². The number of aryl methyl sites for hydroxylation is 1. The van der Waals surface area contributed by atoms with E-state index in [4.69, 9.17) is 5.73 Å². The molecule has 1 aliphatic heterocycles. The molecule has 1 aromatic carbocycles. The first-order valence-corrected chi connectivity index (χ1v) is 6.84. The fraction of sp³-hybridized carbons (Fsp3) is 0.462. The smallest absolute Gasteiger partial charge is 0.324 e. The molecule has 0 bridgehead atoms. The number of nitrogens with two attached hydrogens (primary N) is 1. The SMILES string of the molecule is Cc1cc(N2CC(CCN)N(C)C2=O)ccc1Br. The van der Waals surface area contributed by atoms with Crippen LogP contribution in [0.5, 0.6) is 0 Å². The van der Waals surface area contributed by atoms with Gasteiger partial charge in [-0.1, -0.05) is 15.9 Å². The van der Waals surface area contributed by atoms with Gasteiger partial charge in [-0.25, -0.2) is 4.79 Å². The Bertz CT molecular complexity index is 464. The maximum atomic E-state index is 12.2. The van der Waals surface area contributed by atoms with Crippen molar-refractivity contribution in [3.63, 3.8) is 0 Å². The first-order valence-electron chi connectivity index (χ1n) is 6.05. The number of carbonyl (C=O) groups is 1. The Morgan fingerprint density at radius 3 is 2.83 bits per heavy atom. The molecule has 5 heteroatoms. The lowest BCUT2D eigenvalue weighted by molar-refractivity contribution is 0.217. The summed E-state index contributed by atoms with van der Waals surface area (Å²) >= 11 is 3.47. The summed E-state index contributed by atoms with van der Waals surface area (Å²) in [6, 6.07) is 6.24. The molecule has 1 saturated heterocycles. The molecule has 1 fully saturated rings. The molecule has 1 atom stereocenters. The largest absolute Gasteiger partial charge is 0.330 e. The number of rotatable bonds is 3. The van der Waals surface area contributed by atoms with Gasteiger partial charge in [-0.05, 0) is 43.7 Å². The van der Waals surface area contributed by atoms with E-state index < -0.39 is 0 Å². The van der Waals surface area contributed by atoms with E-state index >= 15 is 0 Å². The average Bonchev–Trinajstić information content (AvgIpc) is 2.62. The van der Waals surface area contributed by atoms with Gasteiger partial charge in [-0.2, -0.15) is 0 Å². The first kappa shape index (κ1) is 13.4. The fourth-order valence-electron chi connectivity index (χ4n) is 2.25. The summed E-state index contributed by atoms with van der Waals surface area (Å²) in [5, 5.41) is 0. The van der Waals surface area contributed by atoms with Crippen LogP contribution in [0, 0.1) is 6.92 Å². The van der Waals surface area contributed by atoms with Crippen LogP contribution in [-0.2, 0) is 0 Å². The summed E-state index contributed by atoms with van der Waals surface area (Å²) < 4.78 is 1.06. The lowest BCUT2D eigenvalue weighted by Gasteiger charge is -2.17. The van der Waals surface area contributed by atoms with Crippen LogP contribution in [0.4, 0.5) is 10.5 Å². The lowest BCUT2D eigenvalue weighted by Crippen LogP contribution is -2.32. The Hall–Kier alpha value is -1.07. The summed E-state index contributed by atoms with van der Waals surface area (Å²) in [7, 11) is 1.84. The second kappa shape index (κ2) is 5.28. The number of anilines is 1.